The standard InChI is InChI=1S/C12H14F3NO2/c1-9(17)11(18)7-16(8-12(13,14)15)10-5-3-2-4-6-10/h2-6,11,18H,7-8H2,1H3. The van der Waals surface area contributed by atoms with Crippen molar-refractivity contribution in [1.29, 1.82) is 0 Å². The number of ketones is 1. The summed E-state index contributed by atoms with van der Waals surface area (Å²) in [6.45, 7) is -0.443. The molecule has 0 aliphatic carbocycles. The van der Waals surface area contributed by atoms with Crippen LogP contribution in [0.1, 0.15) is 6.92 Å². The third-order valence-electron chi connectivity index (χ3n) is 2.35. The van der Waals surface area contributed by atoms with Gasteiger partial charge in [-0.25, -0.2) is 0 Å². The van der Waals surface area contributed by atoms with Crippen LogP contribution in [0.4, 0.5) is 18.9 Å². The molecular weight excluding hydrogens is 247 g/mol. The molecule has 18 heavy (non-hydrogen) atoms. The number of Topliss-reactive ketones (excluding diaryl/α,β-unsaturated/α-hetero) is 1. The number of rotatable bonds is 5. The largest absolute Gasteiger partial charge is 0.405 e. The number of alkyl halides is 3. The van der Waals surface area contributed by atoms with E-state index in [-0.39, 0.29) is 6.54 Å². The average molecular weight is 261 g/mol. The molecule has 0 spiro atoms. The highest BCUT2D eigenvalue weighted by Gasteiger charge is 2.32. The van der Waals surface area contributed by atoms with Crippen LogP contribution in [0, 0.1) is 0 Å². The van der Waals surface area contributed by atoms with Crippen LogP contribution in [0.3, 0.4) is 0 Å². The van der Waals surface area contributed by atoms with Crippen molar-refractivity contribution < 1.29 is 23.1 Å². The fraction of sp³-hybridized carbons (Fsp3) is 0.417. The van der Waals surface area contributed by atoms with Gasteiger partial charge in [0, 0.05) is 5.69 Å². The summed E-state index contributed by atoms with van der Waals surface area (Å²) in [6.07, 6.45) is -5.82. The monoisotopic (exact) mass is 261 g/mol. The number of carbonyl (C=O) groups excluding carboxylic acids is 1. The first-order chi connectivity index (χ1) is 8.29. The van der Waals surface area contributed by atoms with Crippen LogP contribution >= 0.6 is 0 Å². The van der Waals surface area contributed by atoms with Gasteiger partial charge in [0.05, 0.1) is 6.54 Å². The smallest absolute Gasteiger partial charge is 0.383 e. The Labute approximate surface area is 103 Å². The molecule has 0 aliphatic heterocycles. The lowest BCUT2D eigenvalue weighted by Crippen LogP contribution is -2.41. The van der Waals surface area contributed by atoms with Gasteiger partial charge in [-0.1, -0.05) is 18.2 Å². The van der Waals surface area contributed by atoms with E-state index in [1.165, 1.54) is 12.1 Å². The van der Waals surface area contributed by atoms with E-state index in [1.807, 2.05) is 0 Å². The maximum atomic E-state index is 12.4. The molecule has 1 atom stereocenters. The Kier molecular flexibility index (Phi) is 4.72. The zero-order chi connectivity index (χ0) is 13.8. The number of nitrogens with zero attached hydrogens (tertiary/aromatic N) is 1. The summed E-state index contributed by atoms with van der Waals surface area (Å²) in [5, 5.41) is 9.40. The summed E-state index contributed by atoms with van der Waals surface area (Å²) >= 11 is 0. The zero-order valence-electron chi connectivity index (χ0n) is 9.81. The van der Waals surface area contributed by atoms with E-state index in [4.69, 9.17) is 0 Å². The van der Waals surface area contributed by atoms with E-state index in [0.29, 0.717) is 5.69 Å². The predicted molar refractivity (Wildman–Crippen MR) is 61.4 cm³/mol. The molecule has 100 valence electrons. The lowest BCUT2D eigenvalue weighted by Gasteiger charge is -2.27. The second-order valence-corrected chi connectivity index (χ2v) is 3.96. The number of halogens is 3. The number of aliphatic hydroxyl groups is 1. The van der Waals surface area contributed by atoms with Crippen molar-refractivity contribution in [3.05, 3.63) is 30.3 Å². The zero-order valence-corrected chi connectivity index (χ0v) is 9.81. The highest BCUT2D eigenvalue weighted by molar-refractivity contribution is 5.80. The fourth-order valence-corrected chi connectivity index (χ4v) is 1.45. The Morgan fingerprint density at radius 2 is 1.89 bits per heavy atom. The molecule has 0 amide bonds. The van der Waals surface area contributed by atoms with Crippen molar-refractivity contribution in [2.45, 2.75) is 19.2 Å². The normalized spacial score (nSPS) is 13.2. The molecule has 1 unspecified atom stereocenters. The maximum Gasteiger partial charge on any atom is 0.405 e. The van der Waals surface area contributed by atoms with Gasteiger partial charge in [-0.05, 0) is 19.1 Å². The van der Waals surface area contributed by atoms with Gasteiger partial charge < -0.3 is 10.0 Å². The fourth-order valence-electron chi connectivity index (χ4n) is 1.45. The summed E-state index contributed by atoms with van der Waals surface area (Å²) in [5.74, 6) is -0.557. The molecule has 3 nitrogen and oxygen atoms in total. The van der Waals surface area contributed by atoms with E-state index >= 15 is 0 Å². The Morgan fingerprint density at radius 3 is 2.33 bits per heavy atom. The van der Waals surface area contributed by atoms with Gasteiger partial charge in [0.25, 0.3) is 0 Å². The van der Waals surface area contributed by atoms with Gasteiger partial charge >= 0.3 is 6.18 Å². The SMILES string of the molecule is CC(=O)C(O)CN(CC(F)(F)F)c1ccccc1. The first kappa shape index (κ1) is 14.5. The number of para-hydroxylation sites is 1. The van der Waals surface area contributed by atoms with Crippen LogP contribution in [0.5, 0.6) is 0 Å². The third kappa shape index (κ3) is 4.75. The van der Waals surface area contributed by atoms with Crippen LogP contribution in [-0.2, 0) is 4.79 Å². The maximum absolute atomic E-state index is 12.4. The molecule has 1 N–H and O–H groups in total. The van der Waals surface area contributed by atoms with Crippen molar-refractivity contribution in [3.63, 3.8) is 0 Å². The number of hydrogen-bond acceptors (Lipinski definition) is 3. The second kappa shape index (κ2) is 5.86. The molecule has 0 bridgehead atoms. The van der Waals surface area contributed by atoms with Crippen molar-refractivity contribution in [3.8, 4) is 0 Å². The number of anilines is 1. The molecule has 1 aromatic rings. The van der Waals surface area contributed by atoms with Crippen molar-refractivity contribution in [2.24, 2.45) is 0 Å². The average Bonchev–Trinajstić information content (AvgIpc) is 2.27. The summed E-state index contributed by atoms with van der Waals surface area (Å²) in [4.78, 5) is 11.9. The lowest BCUT2D eigenvalue weighted by atomic mass is 10.2. The van der Waals surface area contributed by atoms with E-state index < -0.39 is 24.6 Å². The molecule has 0 saturated heterocycles. The lowest BCUT2D eigenvalue weighted by molar-refractivity contribution is -0.127. The van der Waals surface area contributed by atoms with Crippen LogP contribution in [0.2, 0.25) is 0 Å². The molecule has 1 aromatic carbocycles. The van der Waals surface area contributed by atoms with E-state index in [0.717, 1.165) is 11.8 Å². The van der Waals surface area contributed by atoms with Crippen molar-refractivity contribution >= 4 is 11.5 Å². The molecular formula is C12H14F3NO2. The van der Waals surface area contributed by atoms with Crippen molar-refractivity contribution in [2.75, 3.05) is 18.0 Å². The van der Waals surface area contributed by atoms with Crippen molar-refractivity contribution in [1.82, 2.24) is 0 Å². The van der Waals surface area contributed by atoms with Gasteiger partial charge in [0.15, 0.2) is 5.78 Å². The molecule has 0 saturated carbocycles. The third-order valence-corrected chi connectivity index (χ3v) is 2.35. The molecule has 0 radical (unpaired) electrons. The summed E-state index contributed by atoms with van der Waals surface area (Å²) in [7, 11) is 0. The predicted octanol–water partition coefficient (Wildman–Crippen LogP) is 2.01. The van der Waals surface area contributed by atoms with Crippen LogP contribution in [-0.4, -0.2) is 36.3 Å². The molecule has 6 heteroatoms. The Hall–Kier alpha value is -1.56. The number of aliphatic hydroxyl groups excluding tert-OH is 1. The minimum Gasteiger partial charge on any atom is -0.383 e. The number of benzene rings is 1. The van der Waals surface area contributed by atoms with Gasteiger partial charge in [-0.2, -0.15) is 13.2 Å². The summed E-state index contributed by atoms with van der Waals surface area (Å²) < 4.78 is 37.3. The first-order valence-electron chi connectivity index (χ1n) is 5.35. The molecule has 0 aromatic heterocycles. The summed E-state index contributed by atoms with van der Waals surface area (Å²) in [6, 6.07) is 7.87. The van der Waals surface area contributed by atoms with E-state index in [2.05, 4.69) is 0 Å². The highest BCUT2D eigenvalue weighted by atomic mass is 19.4. The summed E-state index contributed by atoms with van der Waals surface area (Å²) in [5.41, 5.74) is 0.315. The van der Waals surface area contributed by atoms with Gasteiger partial charge in [-0.15, -0.1) is 0 Å². The molecule has 0 aliphatic rings. The minimum absolute atomic E-state index is 0.315. The number of hydrogen-bond donors (Lipinski definition) is 1. The van der Waals surface area contributed by atoms with E-state index in [9.17, 15) is 23.1 Å². The van der Waals surface area contributed by atoms with Gasteiger partial charge in [0.1, 0.15) is 12.6 Å². The van der Waals surface area contributed by atoms with Crippen LogP contribution in [0.15, 0.2) is 30.3 Å². The topological polar surface area (TPSA) is 40.5 Å². The molecule has 0 heterocycles. The molecule has 1 rings (SSSR count). The van der Waals surface area contributed by atoms with Crippen LogP contribution < -0.4 is 4.90 Å². The quantitative estimate of drug-likeness (QED) is 0.881. The van der Waals surface area contributed by atoms with Gasteiger partial charge in [0.2, 0.25) is 0 Å². The Bertz CT molecular complexity index is 392. The van der Waals surface area contributed by atoms with E-state index in [1.54, 1.807) is 18.2 Å². The van der Waals surface area contributed by atoms with Gasteiger partial charge in [-0.3, -0.25) is 4.79 Å². The molecule has 0 fully saturated rings. The second-order valence-electron chi connectivity index (χ2n) is 3.96. The Morgan fingerprint density at radius 1 is 1.33 bits per heavy atom. The first-order valence-corrected chi connectivity index (χ1v) is 5.35. The highest BCUT2D eigenvalue weighted by Crippen LogP contribution is 2.22. The minimum atomic E-state index is -4.40. The number of carbonyl (C=O) groups is 1. The Balaban J connectivity index is 2.86. The van der Waals surface area contributed by atoms with Crippen LogP contribution in [0.25, 0.3) is 0 Å².